The first-order chi connectivity index (χ1) is 9.33. The molecule has 0 saturated heterocycles. The Morgan fingerprint density at radius 3 is 2.20 bits per heavy atom. The molecule has 1 rings (SSSR count). The van der Waals surface area contributed by atoms with Gasteiger partial charge in [-0.15, -0.1) is 11.3 Å². The van der Waals surface area contributed by atoms with Gasteiger partial charge in [0.05, 0.1) is 5.69 Å². The number of amides is 2. The van der Waals surface area contributed by atoms with E-state index in [9.17, 15) is 14.4 Å². The lowest BCUT2D eigenvalue weighted by atomic mass is 10.3. The highest BCUT2D eigenvalue weighted by atomic mass is 32.1. The van der Waals surface area contributed by atoms with Crippen LogP contribution in [0.2, 0.25) is 0 Å². The number of hydrogen-bond donors (Lipinski definition) is 3. The molecule has 110 valence electrons. The first kappa shape index (κ1) is 15.9. The van der Waals surface area contributed by atoms with Gasteiger partial charge in [-0.25, -0.2) is 9.78 Å². The highest BCUT2D eigenvalue weighted by Gasteiger charge is 2.21. The minimum atomic E-state index is -1.29. The molecular formula is C11H15N3O5S. The minimum absolute atomic E-state index is 0.324. The second-order valence-corrected chi connectivity index (χ2v) is 5.15. The average molecular weight is 301 g/mol. The molecule has 1 aromatic heterocycles. The van der Waals surface area contributed by atoms with E-state index in [0.29, 0.717) is 16.5 Å². The number of carboxylic acids is 2. The van der Waals surface area contributed by atoms with Crippen LogP contribution < -0.4 is 5.32 Å². The Hall–Kier alpha value is -2.16. The third kappa shape index (κ3) is 4.50. The van der Waals surface area contributed by atoms with Crippen molar-refractivity contribution in [2.45, 2.75) is 20.3 Å². The summed E-state index contributed by atoms with van der Waals surface area (Å²) in [6.45, 7) is 2.40. The molecule has 0 aliphatic heterocycles. The number of hydrogen-bond acceptors (Lipinski definition) is 5. The molecule has 8 nitrogen and oxygen atoms in total. The first-order valence-corrected chi connectivity index (χ1v) is 6.61. The number of rotatable bonds is 6. The summed E-state index contributed by atoms with van der Waals surface area (Å²) in [5.41, 5.74) is 0.841. The fourth-order valence-corrected chi connectivity index (χ4v) is 2.40. The van der Waals surface area contributed by atoms with Gasteiger partial charge in [-0.1, -0.05) is 6.92 Å². The Morgan fingerprint density at radius 1 is 1.25 bits per heavy atom. The average Bonchev–Trinajstić information content (AvgIpc) is 2.67. The van der Waals surface area contributed by atoms with Crippen molar-refractivity contribution in [2.75, 3.05) is 18.4 Å². The molecule has 0 bridgehead atoms. The van der Waals surface area contributed by atoms with E-state index in [-0.39, 0.29) is 0 Å². The number of urea groups is 1. The van der Waals surface area contributed by atoms with Crippen LogP contribution in [-0.4, -0.2) is 51.2 Å². The third-order valence-corrected chi connectivity index (χ3v) is 3.31. The van der Waals surface area contributed by atoms with Crippen LogP contribution in [0, 0.1) is 6.92 Å². The summed E-state index contributed by atoms with van der Waals surface area (Å²) in [6.07, 6.45) is 0.714. The third-order valence-electron chi connectivity index (χ3n) is 2.38. The van der Waals surface area contributed by atoms with Gasteiger partial charge in [0.15, 0.2) is 5.13 Å². The second-order valence-electron chi connectivity index (χ2n) is 3.95. The highest BCUT2D eigenvalue weighted by Crippen LogP contribution is 2.22. The summed E-state index contributed by atoms with van der Waals surface area (Å²) in [5, 5.41) is 20.1. The smallest absolute Gasteiger partial charge is 0.324 e. The van der Waals surface area contributed by atoms with Gasteiger partial charge in [-0.05, 0) is 13.3 Å². The van der Waals surface area contributed by atoms with Gasteiger partial charge in [0.2, 0.25) is 0 Å². The van der Waals surface area contributed by atoms with E-state index >= 15 is 0 Å². The normalized spacial score (nSPS) is 10.1. The van der Waals surface area contributed by atoms with Crippen molar-refractivity contribution in [1.29, 1.82) is 0 Å². The van der Waals surface area contributed by atoms with Crippen LogP contribution >= 0.6 is 11.3 Å². The van der Waals surface area contributed by atoms with Gasteiger partial charge in [0.1, 0.15) is 13.1 Å². The summed E-state index contributed by atoms with van der Waals surface area (Å²) in [5.74, 6) is -2.57. The Balaban J connectivity index is 2.78. The summed E-state index contributed by atoms with van der Waals surface area (Å²) in [7, 11) is 0. The number of aromatic nitrogens is 1. The van der Waals surface area contributed by atoms with Gasteiger partial charge in [-0.2, -0.15) is 0 Å². The molecule has 0 fully saturated rings. The number of aliphatic carboxylic acids is 2. The largest absolute Gasteiger partial charge is 0.480 e. The number of aryl methyl sites for hydroxylation is 2. The molecule has 0 saturated carbocycles. The molecule has 0 aliphatic carbocycles. The van der Waals surface area contributed by atoms with Crippen molar-refractivity contribution in [3.05, 3.63) is 10.6 Å². The maximum atomic E-state index is 11.8. The zero-order valence-electron chi connectivity index (χ0n) is 11.0. The molecule has 0 aromatic carbocycles. The number of nitrogens with one attached hydrogen (secondary N) is 1. The number of carbonyl (C=O) groups is 3. The molecular weight excluding hydrogens is 286 g/mol. The van der Waals surface area contributed by atoms with Crippen LogP contribution in [0.25, 0.3) is 0 Å². The van der Waals surface area contributed by atoms with E-state index in [1.165, 1.54) is 11.3 Å². The second kappa shape index (κ2) is 6.85. The van der Waals surface area contributed by atoms with Crippen molar-refractivity contribution in [3.8, 4) is 0 Å². The van der Waals surface area contributed by atoms with Gasteiger partial charge in [-0.3, -0.25) is 14.9 Å². The van der Waals surface area contributed by atoms with Crippen LogP contribution in [0.4, 0.5) is 9.93 Å². The number of thiazole rings is 1. The molecule has 0 atom stereocenters. The van der Waals surface area contributed by atoms with Gasteiger partial charge in [0, 0.05) is 4.88 Å². The molecule has 0 aliphatic rings. The van der Waals surface area contributed by atoms with Gasteiger partial charge in [0.25, 0.3) is 0 Å². The monoisotopic (exact) mass is 301 g/mol. The quantitative estimate of drug-likeness (QED) is 0.721. The zero-order chi connectivity index (χ0) is 15.3. The van der Waals surface area contributed by atoms with E-state index in [4.69, 9.17) is 10.2 Å². The Kier molecular flexibility index (Phi) is 5.44. The number of carboxylic acid groups (broad SMARTS) is 2. The lowest BCUT2D eigenvalue weighted by Gasteiger charge is -2.17. The van der Waals surface area contributed by atoms with E-state index in [1.807, 2.05) is 13.8 Å². The molecule has 1 heterocycles. The SMILES string of the molecule is CCc1nc(NC(=O)N(CC(=O)O)CC(=O)O)sc1C. The molecule has 9 heteroatoms. The maximum Gasteiger partial charge on any atom is 0.324 e. The minimum Gasteiger partial charge on any atom is -0.480 e. The Labute approximate surface area is 119 Å². The van der Waals surface area contributed by atoms with Crippen LogP contribution in [0.1, 0.15) is 17.5 Å². The molecule has 0 unspecified atom stereocenters. The van der Waals surface area contributed by atoms with Gasteiger partial charge < -0.3 is 15.1 Å². The van der Waals surface area contributed by atoms with E-state index in [1.54, 1.807) is 0 Å². The van der Waals surface area contributed by atoms with Crippen LogP contribution in [-0.2, 0) is 16.0 Å². The standard InChI is InChI=1S/C11H15N3O5S/c1-3-7-6(2)20-10(12-7)13-11(19)14(4-8(15)16)5-9(17)18/h3-5H2,1-2H3,(H,15,16)(H,17,18)(H,12,13,19). The zero-order valence-corrected chi connectivity index (χ0v) is 11.9. The van der Waals surface area contributed by atoms with Crippen molar-refractivity contribution < 1.29 is 24.6 Å². The molecule has 3 N–H and O–H groups in total. The Morgan fingerprint density at radius 2 is 1.80 bits per heavy atom. The van der Waals surface area contributed by atoms with Crippen LogP contribution in [0.15, 0.2) is 0 Å². The Bertz CT molecular complexity index is 512. The molecule has 2 amide bonds. The lowest BCUT2D eigenvalue weighted by molar-refractivity contribution is -0.140. The van der Waals surface area contributed by atoms with Crippen molar-refractivity contribution in [2.24, 2.45) is 0 Å². The first-order valence-electron chi connectivity index (χ1n) is 5.79. The summed E-state index contributed by atoms with van der Waals surface area (Å²) < 4.78 is 0. The molecule has 1 aromatic rings. The molecule has 20 heavy (non-hydrogen) atoms. The number of anilines is 1. The lowest BCUT2D eigenvalue weighted by Crippen LogP contribution is -2.41. The topological polar surface area (TPSA) is 120 Å². The van der Waals surface area contributed by atoms with Crippen molar-refractivity contribution >= 4 is 34.4 Å². The van der Waals surface area contributed by atoms with Crippen molar-refractivity contribution in [1.82, 2.24) is 9.88 Å². The fourth-order valence-electron chi connectivity index (χ4n) is 1.51. The van der Waals surface area contributed by atoms with Crippen LogP contribution in [0.5, 0.6) is 0 Å². The van der Waals surface area contributed by atoms with E-state index < -0.39 is 31.1 Å². The van der Waals surface area contributed by atoms with Crippen LogP contribution in [0.3, 0.4) is 0 Å². The van der Waals surface area contributed by atoms with E-state index in [2.05, 4.69) is 10.3 Å². The predicted molar refractivity (Wildman–Crippen MR) is 72.1 cm³/mol. The highest BCUT2D eigenvalue weighted by molar-refractivity contribution is 7.15. The summed E-state index contributed by atoms with van der Waals surface area (Å²) in [4.78, 5) is 38.9. The summed E-state index contributed by atoms with van der Waals surface area (Å²) >= 11 is 1.26. The molecule has 0 spiro atoms. The number of carbonyl (C=O) groups excluding carboxylic acids is 1. The van der Waals surface area contributed by atoms with E-state index in [0.717, 1.165) is 10.6 Å². The molecule has 0 radical (unpaired) electrons. The maximum absolute atomic E-state index is 11.8. The number of nitrogens with zero attached hydrogens (tertiary/aromatic N) is 2. The predicted octanol–water partition coefficient (Wildman–Crippen LogP) is 1.02. The fraction of sp³-hybridized carbons (Fsp3) is 0.455. The van der Waals surface area contributed by atoms with Gasteiger partial charge >= 0.3 is 18.0 Å². The van der Waals surface area contributed by atoms with Crippen molar-refractivity contribution in [3.63, 3.8) is 0 Å². The summed E-state index contributed by atoms with van der Waals surface area (Å²) in [6, 6.07) is -0.800.